The summed E-state index contributed by atoms with van der Waals surface area (Å²) in [7, 11) is 1.50. The molecule has 2 rings (SSSR count). The monoisotopic (exact) mass is 347 g/mol. The maximum absolute atomic E-state index is 11.6. The number of nitrogen functional groups attached to an aromatic ring is 1. The van der Waals surface area contributed by atoms with Gasteiger partial charge < -0.3 is 20.3 Å². The van der Waals surface area contributed by atoms with Crippen molar-refractivity contribution < 1.29 is 19.4 Å². The summed E-state index contributed by atoms with van der Waals surface area (Å²) in [6.45, 7) is 2.27. The molecule has 2 aromatic carbocycles. The second-order valence-corrected chi connectivity index (χ2v) is 5.36. The molecule has 0 bridgehead atoms. The number of carbonyl (C=O) groups is 1. The third-order valence-electron chi connectivity index (χ3n) is 3.30. The van der Waals surface area contributed by atoms with Crippen LogP contribution in [0.4, 0.5) is 5.69 Å². The minimum absolute atomic E-state index is 0.124. The van der Waals surface area contributed by atoms with Crippen LogP contribution in [0.1, 0.15) is 18.1 Å². The molecule has 0 unspecified atom stereocenters. The van der Waals surface area contributed by atoms with Crippen LogP contribution in [0, 0.1) is 0 Å². The number of nitrogens with two attached hydrogens (primary N) is 1. The van der Waals surface area contributed by atoms with Gasteiger partial charge in [0.2, 0.25) is 0 Å². The fourth-order valence-electron chi connectivity index (χ4n) is 2.23. The van der Waals surface area contributed by atoms with E-state index in [1.54, 1.807) is 36.4 Å². The zero-order valence-corrected chi connectivity index (χ0v) is 14.1. The summed E-state index contributed by atoms with van der Waals surface area (Å²) in [6, 6.07) is 9.93. The Labute approximate surface area is 145 Å². The first kappa shape index (κ1) is 17.7. The zero-order valence-electron chi connectivity index (χ0n) is 13.4. The van der Waals surface area contributed by atoms with Crippen molar-refractivity contribution in [1.82, 2.24) is 0 Å². The van der Waals surface area contributed by atoms with Crippen molar-refractivity contribution >= 4 is 34.9 Å². The minimum atomic E-state index is -1.05. The average molecular weight is 348 g/mol. The van der Waals surface area contributed by atoms with Crippen LogP contribution >= 0.6 is 11.6 Å². The number of carboxylic acids is 1. The van der Waals surface area contributed by atoms with E-state index in [9.17, 15) is 9.90 Å². The van der Waals surface area contributed by atoms with E-state index in [2.05, 4.69) is 0 Å². The lowest BCUT2D eigenvalue weighted by atomic mass is 10.0. The molecule has 0 saturated carbocycles. The molecule has 0 aliphatic heterocycles. The molecule has 0 amide bonds. The Hall–Kier alpha value is -2.66. The van der Waals surface area contributed by atoms with Crippen LogP contribution in [0.25, 0.3) is 11.6 Å². The van der Waals surface area contributed by atoms with Gasteiger partial charge in [-0.3, -0.25) is 0 Å². The van der Waals surface area contributed by atoms with Crippen molar-refractivity contribution in [3.63, 3.8) is 0 Å². The van der Waals surface area contributed by atoms with Gasteiger partial charge in [-0.2, -0.15) is 0 Å². The predicted octanol–water partition coefficient (Wildman–Crippen LogP) is 3.95. The van der Waals surface area contributed by atoms with Gasteiger partial charge in [0.1, 0.15) is 0 Å². The minimum Gasteiger partial charge on any atom is -0.491 e. The van der Waals surface area contributed by atoms with Gasteiger partial charge in [0.05, 0.1) is 24.3 Å². The predicted molar refractivity (Wildman–Crippen MR) is 95.5 cm³/mol. The molecule has 2 aromatic rings. The summed E-state index contributed by atoms with van der Waals surface area (Å²) >= 11 is 6.20. The van der Waals surface area contributed by atoms with Crippen LogP contribution in [0.15, 0.2) is 36.4 Å². The molecular weight excluding hydrogens is 330 g/mol. The molecule has 24 heavy (non-hydrogen) atoms. The van der Waals surface area contributed by atoms with E-state index in [-0.39, 0.29) is 5.57 Å². The van der Waals surface area contributed by atoms with E-state index in [1.165, 1.54) is 13.2 Å². The van der Waals surface area contributed by atoms with Crippen LogP contribution in [0.2, 0.25) is 5.02 Å². The first-order valence-corrected chi connectivity index (χ1v) is 7.65. The highest BCUT2D eigenvalue weighted by atomic mass is 35.5. The van der Waals surface area contributed by atoms with Crippen molar-refractivity contribution in [2.75, 3.05) is 19.5 Å². The van der Waals surface area contributed by atoms with Gasteiger partial charge in [0.25, 0.3) is 0 Å². The van der Waals surface area contributed by atoms with E-state index < -0.39 is 5.97 Å². The molecule has 0 saturated heterocycles. The third-order valence-corrected chi connectivity index (χ3v) is 3.58. The third kappa shape index (κ3) is 4.00. The van der Waals surface area contributed by atoms with Crippen LogP contribution in [0.3, 0.4) is 0 Å². The highest BCUT2D eigenvalue weighted by molar-refractivity contribution is 6.32. The average Bonchev–Trinajstić information content (AvgIpc) is 2.53. The topological polar surface area (TPSA) is 81.8 Å². The quantitative estimate of drug-likeness (QED) is 0.469. The molecule has 3 N–H and O–H groups in total. The summed E-state index contributed by atoms with van der Waals surface area (Å²) in [4.78, 5) is 11.6. The second-order valence-electron chi connectivity index (χ2n) is 4.95. The molecule has 6 heteroatoms. The van der Waals surface area contributed by atoms with Crippen LogP contribution in [-0.2, 0) is 4.79 Å². The number of anilines is 1. The molecule has 0 radical (unpaired) electrons. The van der Waals surface area contributed by atoms with Gasteiger partial charge in [0.15, 0.2) is 11.5 Å². The van der Waals surface area contributed by atoms with Crippen molar-refractivity contribution in [3.8, 4) is 11.5 Å². The number of aliphatic carboxylic acids is 1. The first-order valence-electron chi connectivity index (χ1n) is 7.27. The first-order chi connectivity index (χ1) is 11.5. The number of hydrogen-bond donors (Lipinski definition) is 2. The van der Waals surface area contributed by atoms with E-state index in [0.717, 1.165) is 0 Å². The van der Waals surface area contributed by atoms with Gasteiger partial charge >= 0.3 is 5.97 Å². The highest BCUT2D eigenvalue weighted by Crippen LogP contribution is 2.37. The Morgan fingerprint density at radius 1 is 1.29 bits per heavy atom. The van der Waals surface area contributed by atoms with Crippen LogP contribution < -0.4 is 15.2 Å². The SMILES string of the molecule is CCOc1cc(/C=C(\C(=O)O)c2ccc(N)cc2)cc(Cl)c1OC. The van der Waals surface area contributed by atoms with Crippen molar-refractivity contribution in [2.45, 2.75) is 6.92 Å². The number of rotatable bonds is 6. The van der Waals surface area contributed by atoms with Gasteiger partial charge in [-0.15, -0.1) is 0 Å². The molecule has 0 aromatic heterocycles. The number of hydrogen-bond acceptors (Lipinski definition) is 4. The Bertz CT molecular complexity index is 769. The van der Waals surface area contributed by atoms with Crippen molar-refractivity contribution in [1.29, 1.82) is 0 Å². The molecule has 0 spiro atoms. The zero-order chi connectivity index (χ0) is 17.7. The lowest BCUT2D eigenvalue weighted by Gasteiger charge is -2.12. The maximum atomic E-state index is 11.6. The summed E-state index contributed by atoms with van der Waals surface area (Å²) in [5, 5.41) is 9.86. The van der Waals surface area contributed by atoms with Crippen molar-refractivity contribution in [3.05, 3.63) is 52.5 Å². The lowest BCUT2D eigenvalue weighted by molar-refractivity contribution is -0.130. The van der Waals surface area contributed by atoms with Gasteiger partial charge in [0, 0.05) is 5.69 Å². The summed E-state index contributed by atoms with van der Waals surface area (Å²) in [5.74, 6) is -0.175. The fourth-order valence-corrected chi connectivity index (χ4v) is 2.53. The van der Waals surface area contributed by atoms with E-state index in [4.69, 9.17) is 26.8 Å². The highest BCUT2D eigenvalue weighted by Gasteiger charge is 2.14. The molecule has 0 heterocycles. The lowest BCUT2D eigenvalue weighted by Crippen LogP contribution is -2.01. The van der Waals surface area contributed by atoms with Gasteiger partial charge in [-0.25, -0.2) is 4.79 Å². The van der Waals surface area contributed by atoms with E-state index >= 15 is 0 Å². The Kier molecular flexibility index (Phi) is 5.71. The molecule has 0 fully saturated rings. The Balaban J connectivity index is 2.53. The fraction of sp³-hybridized carbons (Fsp3) is 0.167. The molecule has 5 nitrogen and oxygen atoms in total. The second kappa shape index (κ2) is 7.75. The smallest absolute Gasteiger partial charge is 0.336 e. The molecule has 126 valence electrons. The number of benzene rings is 2. The number of carboxylic acid groups (broad SMARTS) is 1. The standard InChI is InChI=1S/C18H18ClNO4/c1-3-24-16-10-11(9-15(19)17(16)23-2)8-14(18(21)22)12-4-6-13(20)7-5-12/h4-10H,3,20H2,1-2H3,(H,21,22)/b14-8-. The summed E-state index contributed by atoms with van der Waals surface area (Å²) < 4.78 is 10.7. The molecule has 0 atom stereocenters. The molecular formula is C18H18ClNO4. The van der Waals surface area contributed by atoms with E-state index in [1.807, 2.05) is 6.92 Å². The summed E-state index contributed by atoms with van der Waals surface area (Å²) in [6.07, 6.45) is 1.53. The van der Waals surface area contributed by atoms with Gasteiger partial charge in [-0.05, 0) is 48.4 Å². The van der Waals surface area contributed by atoms with Crippen LogP contribution in [-0.4, -0.2) is 24.8 Å². The molecule has 0 aliphatic carbocycles. The Morgan fingerprint density at radius 3 is 2.50 bits per heavy atom. The van der Waals surface area contributed by atoms with E-state index in [0.29, 0.717) is 39.9 Å². The van der Waals surface area contributed by atoms with Crippen LogP contribution in [0.5, 0.6) is 11.5 Å². The summed E-state index contributed by atoms with van der Waals surface area (Å²) in [5.41, 5.74) is 7.47. The number of methoxy groups -OCH3 is 1. The number of halogens is 1. The molecule has 0 aliphatic rings. The number of ether oxygens (including phenoxy) is 2. The normalized spacial score (nSPS) is 11.2. The van der Waals surface area contributed by atoms with Gasteiger partial charge in [-0.1, -0.05) is 23.7 Å². The largest absolute Gasteiger partial charge is 0.491 e. The maximum Gasteiger partial charge on any atom is 0.336 e. The Morgan fingerprint density at radius 2 is 1.96 bits per heavy atom. The van der Waals surface area contributed by atoms with Crippen molar-refractivity contribution in [2.24, 2.45) is 0 Å².